The highest BCUT2D eigenvalue weighted by molar-refractivity contribution is 7.15. The summed E-state index contributed by atoms with van der Waals surface area (Å²) in [6.45, 7) is 5.76. The fourth-order valence-corrected chi connectivity index (χ4v) is 2.21. The Morgan fingerprint density at radius 2 is 2.11 bits per heavy atom. The molecule has 2 rings (SSSR count). The molecule has 0 spiro atoms. The molecule has 5 nitrogen and oxygen atoms in total. The largest absolute Gasteiger partial charge is 0.483 e. The molecule has 0 unspecified atom stereocenters. The number of anilines is 1. The maximum absolute atomic E-state index is 11.7. The Morgan fingerprint density at radius 3 is 2.74 bits per heavy atom. The molecule has 0 aliphatic rings. The van der Waals surface area contributed by atoms with Crippen molar-refractivity contribution < 1.29 is 9.53 Å². The van der Waals surface area contributed by atoms with Crippen molar-refractivity contribution >= 4 is 22.4 Å². The van der Waals surface area contributed by atoms with Crippen molar-refractivity contribution in [2.45, 2.75) is 20.8 Å². The van der Waals surface area contributed by atoms with E-state index in [-0.39, 0.29) is 12.5 Å². The van der Waals surface area contributed by atoms with E-state index in [2.05, 4.69) is 15.5 Å². The molecular formula is C13H15N3O2S. The molecule has 0 bridgehead atoms. The highest BCUT2D eigenvalue weighted by Gasteiger charge is 2.08. The molecule has 0 radical (unpaired) electrons. The van der Waals surface area contributed by atoms with Crippen LogP contribution in [0.25, 0.3) is 0 Å². The summed E-state index contributed by atoms with van der Waals surface area (Å²) in [7, 11) is 0. The van der Waals surface area contributed by atoms with Crippen LogP contribution < -0.4 is 10.1 Å². The Hall–Kier alpha value is -1.95. The van der Waals surface area contributed by atoms with Crippen LogP contribution in [0.4, 0.5) is 5.13 Å². The monoisotopic (exact) mass is 277 g/mol. The SMILES string of the molecule is Cc1ccc(OCC(=O)Nc2nnc(C)s2)c(C)c1. The first-order valence-corrected chi connectivity index (χ1v) is 6.66. The highest BCUT2D eigenvalue weighted by atomic mass is 32.1. The molecular weight excluding hydrogens is 262 g/mol. The van der Waals surface area contributed by atoms with Crippen molar-refractivity contribution in [2.24, 2.45) is 0 Å². The van der Waals surface area contributed by atoms with Crippen molar-refractivity contribution in [1.82, 2.24) is 10.2 Å². The molecule has 0 fully saturated rings. The summed E-state index contributed by atoms with van der Waals surface area (Å²) in [5, 5.41) is 11.6. The predicted octanol–water partition coefficient (Wildman–Crippen LogP) is 2.48. The number of benzene rings is 1. The molecule has 1 heterocycles. The number of amides is 1. The van der Waals surface area contributed by atoms with Crippen LogP contribution in [0.15, 0.2) is 18.2 Å². The third kappa shape index (κ3) is 3.75. The van der Waals surface area contributed by atoms with Gasteiger partial charge in [0.15, 0.2) is 6.61 Å². The van der Waals surface area contributed by atoms with Crippen molar-refractivity contribution in [2.75, 3.05) is 11.9 Å². The fraction of sp³-hybridized carbons (Fsp3) is 0.308. The molecule has 6 heteroatoms. The van der Waals surface area contributed by atoms with Gasteiger partial charge in [-0.05, 0) is 32.4 Å². The first kappa shape index (κ1) is 13.5. The molecule has 1 amide bonds. The molecule has 1 aromatic carbocycles. The minimum Gasteiger partial charge on any atom is -0.483 e. The number of hydrogen-bond donors (Lipinski definition) is 1. The van der Waals surface area contributed by atoms with Crippen molar-refractivity contribution in [3.63, 3.8) is 0 Å². The normalized spacial score (nSPS) is 10.3. The molecule has 0 aliphatic carbocycles. The van der Waals surface area contributed by atoms with Crippen LogP contribution >= 0.6 is 11.3 Å². The zero-order valence-electron chi connectivity index (χ0n) is 11.1. The van der Waals surface area contributed by atoms with Crippen LogP contribution in [0, 0.1) is 20.8 Å². The molecule has 2 aromatic rings. The van der Waals surface area contributed by atoms with Gasteiger partial charge in [-0.25, -0.2) is 0 Å². The second-order valence-corrected chi connectivity index (χ2v) is 5.41. The number of aromatic nitrogens is 2. The van der Waals surface area contributed by atoms with Crippen LogP contribution in [0.1, 0.15) is 16.1 Å². The fourth-order valence-electron chi connectivity index (χ4n) is 1.61. The number of aryl methyl sites for hydroxylation is 3. The van der Waals surface area contributed by atoms with Crippen LogP contribution in [0.3, 0.4) is 0 Å². The van der Waals surface area contributed by atoms with Gasteiger partial charge in [0.25, 0.3) is 5.91 Å². The van der Waals surface area contributed by atoms with Gasteiger partial charge in [0.05, 0.1) is 0 Å². The van der Waals surface area contributed by atoms with Gasteiger partial charge in [-0.15, -0.1) is 10.2 Å². The predicted molar refractivity (Wildman–Crippen MR) is 74.7 cm³/mol. The van der Waals surface area contributed by atoms with Gasteiger partial charge in [-0.1, -0.05) is 29.0 Å². The smallest absolute Gasteiger partial charge is 0.264 e. The van der Waals surface area contributed by atoms with Crippen LogP contribution in [-0.2, 0) is 4.79 Å². The minimum atomic E-state index is -0.240. The van der Waals surface area contributed by atoms with E-state index in [1.54, 1.807) is 0 Å². The third-order valence-electron chi connectivity index (χ3n) is 2.46. The van der Waals surface area contributed by atoms with Gasteiger partial charge in [0.1, 0.15) is 10.8 Å². The number of ether oxygens (including phenoxy) is 1. The van der Waals surface area contributed by atoms with E-state index in [1.807, 2.05) is 39.0 Å². The van der Waals surface area contributed by atoms with Gasteiger partial charge in [-0.3, -0.25) is 10.1 Å². The summed E-state index contributed by atoms with van der Waals surface area (Å²) in [5.74, 6) is 0.477. The Morgan fingerprint density at radius 1 is 1.32 bits per heavy atom. The highest BCUT2D eigenvalue weighted by Crippen LogP contribution is 2.19. The summed E-state index contributed by atoms with van der Waals surface area (Å²) >= 11 is 1.33. The molecule has 0 aliphatic heterocycles. The zero-order chi connectivity index (χ0) is 13.8. The van der Waals surface area contributed by atoms with Gasteiger partial charge in [-0.2, -0.15) is 0 Å². The average Bonchev–Trinajstić information content (AvgIpc) is 2.73. The molecule has 1 N–H and O–H groups in total. The van der Waals surface area contributed by atoms with Crippen molar-refractivity contribution in [3.8, 4) is 5.75 Å². The maximum Gasteiger partial charge on any atom is 0.264 e. The summed E-state index contributed by atoms with van der Waals surface area (Å²) in [6.07, 6.45) is 0. The molecule has 0 saturated carbocycles. The summed E-state index contributed by atoms with van der Waals surface area (Å²) in [5.41, 5.74) is 2.18. The van der Waals surface area contributed by atoms with E-state index < -0.39 is 0 Å². The first-order chi connectivity index (χ1) is 9.04. The summed E-state index contributed by atoms with van der Waals surface area (Å²) in [4.78, 5) is 11.7. The summed E-state index contributed by atoms with van der Waals surface area (Å²) < 4.78 is 5.48. The molecule has 0 saturated heterocycles. The second-order valence-electron chi connectivity index (χ2n) is 4.23. The van der Waals surface area contributed by atoms with E-state index in [1.165, 1.54) is 16.9 Å². The first-order valence-electron chi connectivity index (χ1n) is 5.84. The van der Waals surface area contributed by atoms with Crippen molar-refractivity contribution in [1.29, 1.82) is 0 Å². The Kier molecular flexibility index (Phi) is 4.11. The Labute approximate surface area is 115 Å². The lowest BCUT2D eigenvalue weighted by Gasteiger charge is -2.08. The lowest BCUT2D eigenvalue weighted by Crippen LogP contribution is -2.20. The Balaban J connectivity index is 1.89. The number of rotatable bonds is 4. The van der Waals surface area contributed by atoms with Crippen molar-refractivity contribution in [3.05, 3.63) is 34.3 Å². The molecule has 19 heavy (non-hydrogen) atoms. The third-order valence-corrected chi connectivity index (χ3v) is 3.22. The number of carbonyl (C=O) groups excluding carboxylic acids is 1. The molecule has 1 aromatic heterocycles. The standard InChI is InChI=1S/C13H15N3O2S/c1-8-4-5-11(9(2)6-8)18-7-12(17)14-13-16-15-10(3)19-13/h4-6H,7H2,1-3H3,(H,14,16,17). The number of hydrogen-bond acceptors (Lipinski definition) is 5. The lowest BCUT2D eigenvalue weighted by molar-refractivity contribution is -0.118. The van der Waals surface area contributed by atoms with Crippen LogP contribution in [-0.4, -0.2) is 22.7 Å². The Bertz CT molecular complexity index is 595. The number of nitrogens with one attached hydrogen (secondary N) is 1. The maximum atomic E-state index is 11.7. The quantitative estimate of drug-likeness (QED) is 0.932. The second kappa shape index (κ2) is 5.79. The van der Waals surface area contributed by atoms with Gasteiger partial charge < -0.3 is 4.74 Å². The minimum absolute atomic E-state index is 0.0392. The zero-order valence-corrected chi connectivity index (χ0v) is 11.9. The van der Waals surface area contributed by atoms with E-state index >= 15 is 0 Å². The lowest BCUT2D eigenvalue weighted by atomic mass is 10.1. The van der Waals surface area contributed by atoms with E-state index in [9.17, 15) is 4.79 Å². The summed E-state index contributed by atoms with van der Waals surface area (Å²) in [6, 6.07) is 5.84. The van der Waals surface area contributed by atoms with Gasteiger partial charge in [0.2, 0.25) is 5.13 Å². The van der Waals surface area contributed by atoms with E-state index in [4.69, 9.17) is 4.74 Å². The molecule has 0 atom stereocenters. The van der Waals surface area contributed by atoms with E-state index in [0.717, 1.165) is 10.6 Å². The average molecular weight is 277 g/mol. The number of nitrogens with zero attached hydrogens (tertiary/aromatic N) is 2. The number of carbonyl (C=O) groups is 1. The topological polar surface area (TPSA) is 64.1 Å². The van der Waals surface area contributed by atoms with Gasteiger partial charge in [0, 0.05) is 0 Å². The van der Waals surface area contributed by atoms with E-state index in [0.29, 0.717) is 10.9 Å². The molecule has 100 valence electrons. The van der Waals surface area contributed by atoms with Crippen LogP contribution in [0.5, 0.6) is 5.75 Å². The van der Waals surface area contributed by atoms with Crippen LogP contribution in [0.2, 0.25) is 0 Å². The van der Waals surface area contributed by atoms with Gasteiger partial charge >= 0.3 is 0 Å².